The normalized spacial score (nSPS) is 9.50. The number of hydrogen-bond donors (Lipinski definition) is 0. The summed E-state index contributed by atoms with van der Waals surface area (Å²) in [6, 6.07) is 8.05. The molecule has 0 aliphatic rings. The van der Waals surface area contributed by atoms with E-state index in [9.17, 15) is 4.79 Å². The summed E-state index contributed by atoms with van der Waals surface area (Å²) in [7, 11) is 1.37. The fraction of sp³-hybridized carbons (Fsp3) is 0.222. The number of rotatable bonds is 2. The quantitative estimate of drug-likeness (QED) is 0.572. The Morgan fingerprint density at radius 1 is 1.75 bits per heavy atom. The number of benzene rings is 1. The molecule has 0 saturated carbocycles. The van der Waals surface area contributed by atoms with Crippen molar-refractivity contribution in [1.82, 2.24) is 0 Å². The third-order valence-corrected chi connectivity index (χ3v) is 2.10. The summed E-state index contributed by atoms with van der Waals surface area (Å²) in [5.41, 5.74) is 1.48. The van der Waals surface area contributed by atoms with Gasteiger partial charge in [-0.2, -0.15) is 0 Å². The van der Waals surface area contributed by atoms with Gasteiger partial charge in [-0.1, -0.05) is 22.0 Å². The molecule has 1 aromatic rings. The van der Waals surface area contributed by atoms with Gasteiger partial charge in [0.05, 0.1) is 12.7 Å². The first-order chi connectivity index (χ1) is 5.79. The third-order valence-electron chi connectivity index (χ3n) is 1.50. The minimum atomic E-state index is -0.307. The van der Waals surface area contributed by atoms with E-state index in [2.05, 4.69) is 26.7 Å². The second-order valence-electron chi connectivity index (χ2n) is 2.21. The lowest BCUT2D eigenvalue weighted by Crippen LogP contribution is -2.04. The molecular formula is C9H8BrO2. The molecule has 0 unspecified atom stereocenters. The van der Waals surface area contributed by atoms with Crippen LogP contribution in [-0.4, -0.2) is 13.1 Å². The molecule has 63 valence electrons. The molecule has 0 fully saturated rings. The topological polar surface area (TPSA) is 26.3 Å². The molecule has 0 bridgehead atoms. The number of halogens is 1. The lowest BCUT2D eigenvalue weighted by Gasteiger charge is -2.02. The predicted octanol–water partition coefficient (Wildman–Crippen LogP) is 2.17. The molecule has 1 radical (unpaired) electrons. The number of hydrogen-bond acceptors (Lipinski definition) is 2. The Labute approximate surface area is 79.7 Å². The lowest BCUT2D eigenvalue weighted by molar-refractivity contribution is 0.0600. The molecular weight excluding hydrogens is 220 g/mol. The molecule has 12 heavy (non-hydrogen) atoms. The second-order valence-corrected chi connectivity index (χ2v) is 2.77. The van der Waals surface area contributed by atoms with Crippen molar-refractivity contribution in [3.63, 3.8) is 0 Å². The van der Waals surface area contributed by atoms with Gasteiger partial charge in [0.1, 0.15) is 0 Å². The fourth-order valence-electron chi connectivity index (χ4n) is 0.885. The second kappa shape index (κ2) is 4.26. The molecule has 2 nitrogen and oxygen atoms in total. The first kappa shape index (κ1) is 9.26. The van der Waals surface area contributed by atoms with Gasteiger partial charge in [-0.25, -0.2) is 4.79 Å². The SMILES string of the molecule is COC(=O)c1cc[c]cc1CBr. The number of carbonyl (C=O) groups excluding carboxylic acids is 1. The Balaban J connectivity index is 3.04. The minimum Gasteiger partial charge on any atom is -0.465 e. The molecule has 0 aromatic heterocycles. The van der Waals surface area contributed by atoms with E-state index in [0.29, 0.717) is 10.9 Å². The summed E-state index contributed by atoms with van der Waals surface area (Å²) in [6.07, 6.45) is 0. The highest BCUT2D eigenvalue weighted by molar-refractivity contribution is 9.08. The van der Waals surface area contributed by atoms with Gasteiger partial charge in [0.25, 0.3) is 0 Å². The summed E-state index contributed by atoms with van der Waals surface area (Å²) in [5.74, 6) is -0.307. The summed E-state index contributed by atoms with van der Waals surface area (Å²) in [5, 5.41) is 0.634. The summed E-state index contributed by atoms with van der Waals surface area (Å²) < 4.78 is 4.61. The van der Waals surface area contributed by atoms with Crippen LogP contribution in [0.1, 0.15) is 15.9 Å². The van der Waals surface area contributed by atoms with Gasteiger partial charge < -0.3 is 4.74 Å². The Bertz CT molecular complexity index is 284. The molecule has 0 aliphatic carbocycles. The average Bonchev–Trinajstić information content (AvgIpc) is 2.16. The number of carbonyl (C=O) groups is 1. The first-order valence-electron chi connectivity index (χ1n) is 3.43. The number of ether oxygens (including phenoxy) is 1. The Kier molecular flexibility index (Phi) is 3.29. The number of methoxy groups -OCH3 is 1. The van der Waals surface area contributed by atoms with E-state index in [1.165, 1.54) is 7.11 Å². The molecule has 0 aliphatic heterocycles. The smallest absolute Gasteiger partial charge is 0.338 e. The minimum absolute atomic E-state index is 0.307. The van der Waals surface area contributed by atoms with Crippen LogP contribution in [-0.2, 0) is 10.1 Å². The highest BCUT2D eigenvalue weighted by atomic mass is 79.9. The van der Waals surface area contributed by atoms with Crippen LogP contribution in [0.5, 0.6) is 0 Å². The Morgan fingerprint density at radius 2 is 2.50 bits per heavy atom. The zero-order valence-electron chi connectivity index (χ0n) is 6.63. The van der Waals surface area contributed by atoms with E-state index in [4.69, 9.17) is 0 Å². The monoisotopic (exact) mass is 227 g/mol. The van der Waals surface area contributed by atoms with E-state index >= 15 is 0 Å². The maximum absolute atomic E-state index is 11.1. The van der Waals surface area contributed by atoms with Crippen molar-refractivity contribution in [3.05, 3.63) is 35.4 Å². The Hall–Kier alpha value is -0.830. The maximum atomic E-state index is 11.1. The van der Waals surface area contributed by atoms with Crippen LogP contribution in [0.3, 0.4) is 0 Å². The van der Waals surface area contributed by atoms with Gasteiger partial charge in [-0.15, -0.1) is 0 Å². The van der Waals surface area contributed by atoms with Crippen LogP contribution in [0.15, 0.2) is 18.2 Å². The van der Waals surface area contributed by atoms with Crippen LogP contribution in [0.4, 0.5) is 0 Å². The van der Waals surface area contributed by atoms with E-state index in [1.54, 1.807) is 18.2 Å². The number of esters is 1. The van der Waals surface area contributed by atoms with E-state index in [0.717, 1.165) is 5.56 Å². The third kappa shape index (κ3) is 1.85. The van der Waals surface area contributed by atoms with Crippen LogP contribution < -0.4 is 0 Å². The lowest BCUT2D eigenvalue weighted by atomic mass is 10.1. The van der Waals surface area contributed by atoms with Gasteiger partial charge in [0, 0.05) is 5.33 Å². The van der Waals surface area contributed by atoms with Crippen molar-refractivity contribution < 1.29 is 9.53 Å². The Morgan fingerprint density at radius 3 is 3.08 bits per heavy atom. The van der Waals surface area contributed by atoms with Crippen LogP contribution >= 0.6 is 15.9 Å². The van der Waals surface area contributed by atoms with Crippen molar-refractivity contribution in [3.8, 4) is 0 Å². The van der Waals surface area contributed by atoms with Gasteiger partial charge in [0.2, 0.25) is 0 Å². The zero-order valence-corrected chi connectivity index (χ0v) is 8.22. The molecule has 0 amide bonds. The van der Waals surface area contributed by atoms with Crippen molar-refractivity contribution in [1.29, 1.82) is 0 Å². The number of alkyl halides is 1. The van der Waals surface area contributed by atoms with Crippen molar-refractivity contribution in [2.45, 2.75) is 5.33 Å². The largest absolute Gasteiger partial charge is 0.465 e. The van der Waals surface area contributed by atoms with E-state index in [1.807, 2.05) is 0 Å². The van der Waals surface area contributed by atoms with Crippen molar-refractivity contribution in [2.75, 3.05) is 7.11 Å². The summed E-state index contributed by atoms with van der Waals surface area (Å²) in [6.45, 7) is 0. The van der Waals surface area contributed by atoms with Gasteiger partial charge in [-0.05, 0) is 23.8 Å². The van der Waals surface area contributed by atoms with Crippen molar-refractivity contribution in [2.24, 2.45) is 0 Å². The molecule has 0 atom stereocenters. The molecule has 0 saturated heterocycles. The van der Waals surface area contributed by atoms with Crippen LogP contribution in [0.25, 0.3) is 0 Å². The van der Waals surface area contributed by atoms with E-state index in [-0.39, 0.29) is 5.97 Å². The van der Waals surface area contributed by atoms with Crippen molar-refractivity contribution >= 4 is 21.9 Å². The molecule has 1 aromatic carbocycles. The zero-order chi connectivity index (χ0) is 8.97. The fourth-order valence-corrected chi connectivity index (χ4v) is 1.35. The van der Waals surface area contributed by atoms with Crippen LogP contribution in [0, 0.1) is 6.07 Å². The molecule has 0 spiro atoms. The molecule has 3 heteroatoms. The highest BCUT2D eigenvalue weighted by Crippen LogP contribution is 2.12. The predicted molar refractivity (Wildman–Crippen MR) is 49.2 cm³/mol. The molecule has 0 heterocycles. The molecule has 1 rings (SSSR count). The average molecular weight is 228 g/mol. The molecule has 0 N–H and O–H groups in total. The van der Waals surface area contributed by atoms with Gasteiger partial charge in [0.15, 0.2) is 0 Å². The standard InChI is InChI=1S/C9H8BrO2/c1-12-9(11)8-5-3-2-4-7(8)6-10/h3-5H,6H2,1H3. The first-order valence-corrected chi connectivity index (χ1v) is 4.55. The maximum Gasteiger partial charge on any atom is 0.338 e. The van der Waals surface area contributed by atoms with E-state index < -0.39 is 0 Å². The summed E-state index contributed by atoms with van der Waals surface area (Å²) in [4.78, 5) is 11.1. The van der Waals surface area contributed by atoms with Crippen LogP contribution in [0.2, 0.25) is 0 Å². The van der Waals surface area contributed by atoms with Gasteiger partial charge in [-0.3, -0.25) is 0 Å². The summed E-state index contributed by atoms with van der Waals surface area (Å²) >= 11 is 3.28. The van der Waals surface area contributed by atoms with Gasteiger partial charge >= 0.3 is 5.97 Å². The highest BCUT2D eigenvalue weighted by Gasteiger charge is 2.08.